The van der Waals surface area contributed by atoms with Gasteiger partial charge in [-0.1, -0.05) is 12.1 Å². The fourth-order valence-corrected chi connectivity index (χ4v) is 2.61. The highest BCUT2D eigenvalue weighted by atomic mass is 16.4. The van der Waals surface area contributed by atoms with Crippen molar-refractivity contribution < 1.29 is 23.9 Å². The fraction of sp³-hybridized carbons (Fsp3) is 0.316. The number of amides is 2. The lowest BCUT2D eigenvalue weighted by Crippen LogP contribution is -2.26. The van der Waals surface area contributed by atoms with Crippen molar-refractivity contribution >= 4 is 17.8 Å². The monoisotopic (exact) mass is 358 g/mol. The molecule has 7 nitrogen and oxygen atoms in total. The van der Waals surface area contributed by atoms with Crippen LogP contribution in [0.2, 0.25) is 0 Å². The molecule has 1 heterocycles. The summed E-state index contributed by atoms with van der Waals surface area (Å²) in [7, 11) is 3.21. The highest BCUT2D eigenvalue weighted by Gasteiger charge is 2.17. The number of carboxylic acid groups (broad SMARTS) is 1. The molecule has 0 saturated carbocycles. The summed E-state index contributed by atoms with van der Waals surface area (Å²) in [4.78, 5) is 36.5. The second kappa shape index (κ2) is 8.33. The summed E-state index contributed by atoms with van der Waals surface area (Å²) in [5, 5.41) is 11.6. The van der Waals surface area contributed by atoms with Crippen LogP contribution in [-0.2, 0) is 17.8 Å². The van der Waals surface area contributed by atoms with Gasteiger partial charge in [0.15, 0.2) is 0 Å². The number of hydrogen-bond acceptors (Lipinski definition) is 4. The predicted molar refractivity (Wildman–Crippen MR) is 95.0 cm³/mol. The van der Waals surface area contributed by atoms with Crippen LogP contribution in [0.15, 0.2) is 34.7 Å². The first kappa shape index (κ1) is 19.2. The molecule has 1 aromatic carbocycles. The van der Waals surface area contributed by atoms with Crippen LogP contribution >= 0.6 is 0 Å². The molecule has 0 unspecified atom stereocenters. The number of nitrogens with zero attached hydrogens (tertiary/aromatic N) is 1. The zero-order valence-corrected chi connectivity index (χ0v) is 15.0. The van der Waals surface area contributed by atoms with Crippen molar-refractivity contribution in [2.75, 3.05) is 14.1 Å². The normalized spacial score (nSPS) is 10.4. The molecule has 0 aliphatic rings. The predicted octanol–water partition coefficient (Wildman–Crippen LogP) is 2.24. The summed E-state index contributed by atoms with van der Waals surface area (Å²) in [6, 6.07) is 8.58. The summed E-state index contributed by atoms with van der Waals surface area (Å²) in [6.45, 7) is 1.78. The van der Waals surface area contributed by atoms with E-state index in [1.165, 1.54) is 11.0 Å². The van der Waals surface area contributed by atoms with E-state index in [4.69, 9.17) is 9.52 Å². The Balaban J connectivity index is 1.94. The Hall–Kier alpha value is -3.09. The largest absolute Gasteiger partial charge is 0.478 e. The molecule has 1 aromatic heterocycles. The molecule has 2 aromatic rings. The van der Waals surface area contributed by atoms with Crippen LogP contribution < -0.4 is 5.32 Å². The molecule has 7 heteroatoms. The highest BCUT2D eigenvalue weighted by molar-refractivity contribution is 5.94. The minimum Gasteiger partial charge on any atom is -0.478 e. The molecule has 138 valence electrons. The van der Waals surface area contributed by atoms with Crippen LogP contribution in [0.5, 0.6) is 0 Å². The quantitative estimate of drug-likeness (QED) is 0.791. The molecule has 0 saturated heterocycles. The van der Waals surface area contributed by atoms with Crippen LogP contribution in [0.1, 0.15) is 44.2 Å². The van der Waals surface area contributed by atoms with Gasteiger partial charge in [0.05, 0.1) is 6.54 Å². The second-order valence-electron chi connectivity index (χ2n) is 6.02. The van der Waals surface area contributed by atoms with Gasteiger partial charge in [0, 0.05) is 26.1 Å². The number of hydrogen-bond donors (Lipinski definition) is 2. The van der Waals surface area contributed by atoms with Crippen molar-refractivity contribution in [3.05, 3.63) is 58.5 Å². The van der Waals surface area contributed by atoms with Gasteiger partial charge in [0.1, 0.15) is 17.1 Å². The number of carbonyl (C=O) groups excluding carboxylic acids is 2. The summed E-state index contributed by atoms with van der Waals surface area (Å²) >= 11 is 0. The van der Waals surface area contributed by atoms with Gasteiger partial charge in [-0.15, -0.1) is 0 Å². The van der Waals surface area contributed by atoms with Gasteiger partial charge in [-0.05, 0) is 37.1 Å². The van der Waals surface area contributed by atoms with Crippen LogP contribution in [0, 0.1) is 6.92 Å². The van der Waals surface area contributed by atoms with Crippen LogP contribution in [0.25, 0.3) is 0 Å². The Bertz CT molecular complexity index is 825. The number of furan rings is 1. The first-order valence-corrected chi connectivity index (χ1v) is 8.19. The van der Waals surface area contributed by atoms with Gasteiger partial charge in [0.2, 0.25) is 5.91 Å². The summed E-state index contributed by atoms with van der Waals surface area (Å²) in [6.07, 6.45) is 0.782. The van der Waals surface area contributed by atoms with E-state index in [9.17, 15) is 14.4 Å². The first-order valence-electron chi connectivity index (χ1n) is 8.19. The zero-order chi connectivity index (χ0) is 19.3. The maximum absolute atomic E-state index is 12.3. The third kappa shape index (κ3) is 4.72. The maximum atomic E-state index is 12.3. The standard InChI is InChI=1S/C19H22N2O5/c1-12-16(19(24)25)10-15(26-12)11-21(3)17(22)8-7-13-5-4-6-14(9-13)18(23)20-2/h4-6,9-10H,7-8,11H2,1-3H3,(H,20,23)(H,24,25). The molecule has 2 amide bonds. The molecule has 2 N–H and O–H groups in total. The fourth-order valence-electron chi connectivity index (χ4n) is 2.61. The molecule has 0 bridgehead atoms. The van der Waals surface area contributed by atoms with E-state index in [1.807, 2.05) is 6.07 Å². The van der Waals surface area contributed by atoms with Crippen LogP contribution in [0.3, 0.4) is 0 Å². The highest BCUT2D eigenvalue weighted by Crippen LogP contribution is 2.16. The molecule has 0 aliphatic heterocycles. The maximum Gasteiger partial charge on any atom is 0.339 e. The van der Waals surface area contributed by atoms with E-state index in [1.54, 1.807) is 39.2 Å². The van der Waals surface area contributed by atoms with Crippen molar-refractivity contribution in [3.8, 4) is 0 Å². The zero-order valence-electron chi connectivity index (χ0n) is 15.0. The number of carbonyl (C=O) groups is 3. The molecular formula is C19H22N2O5. The Kier molecular flexibility index (Phi) is 6.16. The smallest absolute Gasteiger partial charge is 0.339 e. The van der Waals surface area contributed by atoms with Crippen molar-refractivity contribution in [3.63, 3.8) is 0 Å². The minimum atomic E-state index is -1.05. The van der Waals surface area contributed by atoms with Crippen molar-refractivity contribution in [2.45, 2.75) is 26.3 Å². The average molecular weight is 358 g/mol. The summed E-state index contributed by atoms with van der Waals surface area (Å²) < 4.78 is 5.39. The number of aryl methyl sites for hydroxylation is 2. The van der Waals surface area contributed by atoms with E-state index in [0.717, 1.165) is 5.56 Å². The number of nitrogens with one attached hydrogen (secondary N) is 1. The molecule has 2 rings (SSSR count). The lowest BCUT2D eigenvalue weighted by molar-refractivity contribution is -0.130. The van der Waals surface area contributed by atoms with Crippen molar-refractivity contribution in [2.24, 2.45) is 0 Å². The van der Waals surface area contributed by atoms with E-state index < -0.39 is 5.97 Å². The van der Waals surface area contributed by atoms with E-state index in [0.29, 0.717) is 23.5 Å². The van der Waals surface area contributed by atoms with Crippen LogP contribution in [-0.4, -0.2) is 41.9 Å². The summed E-state index contributed by atoms with van der Waals surface area (Å²) in [5.41, 5.74) is 1.56. The minimum absolute atomic E-state index is 0.0960. The van der Waals surface area contributed by atoms with Gasteiger partial charge in [-0.3, -0.25) is 9.59 Å². The van der Waals surface area contributed by atoms with Crippen molar-refractivity contribution in [1.29, 1.82) is 0 Å². The molecule has 0 radical (unpaired) electrons. The van der Waals surface area contributed by atoms with E-state index in [-0.39, 0.29) is 30.3 Å². The van der Waals surface area contributed by atoms with E-state index >= 15 is 0 Å². The number of aromatic carboxylic acids is 1. The van der Waals surface area contributed by atoms with Crippen molar-refractivity contribution in [1.82, 2.24) is 10.2 Å². The third-order valence-electron chi connectivity index (χ3n) is 4.06. The van der Waals surface area contributed by atoms with Gasteiger partial charge >= 0.3 is 5.97 Å². The van der Waals surface area contributed by atoms with E-state index in [2.05, 4.69) is 5.32 Å². The topological polar surface area (TPSA) is 99.9 Å². The number of carboxylic acids is 1. The average Bonchev–Trinajstić information content (AvgIpc) is 2.99. The molecule has 0 atom stereocenters. The third-order valence-corrected chi connectivity index (χ3v) is 4.06. The lowest BCUT2D eigenvalue weighted by atomic mass is 10.1. The SMILES string of the molecule is CNC(=O)c1cccc(CCC(=O)N(C)Cc2cc(C(=O)O)c(C)o2)c1. The number of benzene rings is 1. The van der Waals surface area contributed by atoms with Gasteiger partial charge < -0.3 is 19.7 Å². The lowest BCUT2D eigenvalue weighted by Gasteiger charge is -2.15. The molecule has 0 fully saturated rings. The van der Waals surface area contributed by atoms with Gasteiger partial charge in [-0.25, -0.2) is 4.79 Å². The Morgan fingerprint density at radius 2 is 1.96 bits per heavy atom. The molecule has 26 heavy (non-hydrogen) atoms. The first-order chi connectivity index (χ1) is 12.3. The Morgan fingerprint density at radius 3 is 2.58 bits per heavy atom. The Labute approximate surface area is 151 Å². The number of rotatable bonds is 7. The van der Waals surface area contributed by atoms with Gasteiger partial charge in [0.25, 0.3) is 5.91 Å². The second-order valence-corrected chi connectivity index (χ2v) is 6.02. The molecule has 0 spiro atoms. The molecular weight excluding hydrogens is 336 g/mol. The van der Waals surface area contributed by atoms with Crippen LogP contribution in [0.4, 0.5) is 0 Å². The molecule has 0 aliphatic carbocycles. The Morgan fingerprint density at radius 1 is 1.23 bits per heavy atom. The van der Waals surface area contributed by atoms with Gasteiger partial charge in [-0.2, -0.15) is 0 Å². The summed E-state index contributed by atoms with van der Waals surface area (Å²) in [5.74, 6) is -0.571.